The van der Waals surface area contributed by atoms with Crippen LogP contribution in [0.1, 0.15) is 27.0 Å². The van der Waals surface area contributed by atoms with E-state index in [9.17, 15) is 4.79 Å². The standard InChI is InChI=1S/C25H20N2O/c1-17-3-5-21(19-7-11-26-12-8-19)23(15-17)25(28)24-16-18(2)4-6-22(24)20-9-13-27-14-10-20/h3-16H,1-2H3. The molecule has 136 valence electrons. The Bertz CT molecular complexity index is 1040. The molecule has 0 saturated heterocycles. The molecule has 3 heteroatoms. The van der Waals surface area contributed by atoms with Crippen LogP contribution in [0.3, 0.4) is 0 Å². The number of benzene rings is 2. The monoisotopic (exact) mass is 364 g/mol. The van der Waals surface area contributed by atoms with E-state index < -0.39 is 0 Å². The van der Waals surface area contributed by atoms with Crippen LogP contribution >= 0.6 is 0 Å². The minimum atomic E-state index is 0.0195. The molecule has 0 bridgehead atoms. The van der Waals surface area contributed by atoms with Crippen molar-refractivity contribution in [3.63, 3.8) is 0 Å². The summed E-state index contributed by atoms with van der Waals surface area (Å²) in [5.74, 6) is 0.0195. The molecular formula is C25H20N2O. The van der Waals surface area contributed by atoms with Crippen LogP contribution in [-0.4, -0.2) is 15.8 Å². The quantitative estimate of drug-likeness (QED) is 0.439. The molecule has 0 radical (unpaired) electrons. The summed E-state index contributed by atoms with van der Waals surface area (Å²) in [6, 6.07) is 19.8. The third-order valence-corrected chi connectivity index (χ3v) is 4.82. The predicted molar refractivity (Wildman–Crippen MR) is 112 cm³/mol. The fourth-order valence-electron chi connectivity index (χ4n) is 3.40. The van der Waals surface area contributed by atoms with E-state index in [0.29, 0.717) is 11.1 Å². The smallest absolute Gasteiger partial charge is 0.194 e. The number of hydrogen-bond acceptors (Lipinski definition) is 3. The van der Waals surface area contributed by atoms with Gasteiger partial charge in [0.1, 0.15) is 0 Å². The SMILES string of the molecule is Cc1ccc(-c2ccncc2)c(C(=O)c2cc(C)ccc2-c2ccncc2)c1. The molecular weight excluding hydrogens is 344 g/mol. The zero-order chi connectivity index (χ0) is 19.5. The second-order valence-corrected chi connectivity index (χ2v) is 6.90. The van der Waals surface area contributed by atoms with E-state index in [0.717, 1.165) is 33.4 Å². The van der Waals surface area contributed by atoms with Crippen molar-refractivity contribution < 1.29 is 4.79 Å². The van der Waals surface area contributed by atoms with Gasteiger partial charge in [0.15, 0.2) is 5.78 Å². The first-order valence-electron chi connectivity index (χ1n) is 9.20. The topological polar surface area (TPSA) is 42.9 Å². The van der Waals surface area contributed by atoms with Crippen molar-refractivity contribution in [2.24, 2.45) is 0 Å². The van der Waals surface area contributed by atoms with Gasteiger partial charge in [0.05, 0.1) is 0 Å². The van der Waals surface area contributed by atoms with Crippen LogP contribution < -0.4 is 0 Å². The lowest BCUT2D eigenvalue weighted by Gasteiger charge is -2.14. The molecule has 4 rings (SSSR count). The van der Waals surface area contributed by atoms with Crippen LogP contribution in [-0.2, 0) is 0 Å². The number of hydrogen-bond donors (Lipinski definition) is 0. The molecule has 2 heterocycles. The van der Waals surface area contributed by atoms with Gasteiger partial charge in [-0.05, 0) is 72.5 Å². The van der Waals surface area contributed by atoms with Gasteiger partial charge in [-0.2, -0.15) is 0 Å². The summed E-state index contributed by atoms with van der Waals surface area (Å²) in [5, 5.41) is 0. The molecule has 2 aromatic heterocycles. The first-order valence-corrected chi connectivity index (χ1v) is 9.20. The Morgan fingerprint density at radius 1 is 0.607 bits per heavy atom. The lowest BCUT2D eigenvalue weighted by molar-refractivity contribution is 0.104. The van der Waals surface area contributed by atoms with Gasteiger partial charge in [0.25, 0.3) is 0 Å². The number of rotatable bonds is 4. The van der Waals surface area contributed by atoms with Crippen molar-refractivity contribution in [3.8, 4) is 22.3 Å². The van der Waals surface area contributed by atoms with E-state index in [4.69, 9.17) is 0 Å². The molecule has 0 aliphatic rings. The molecule has 0 atom stereocenters. The number of nitrogens with zero attached hydrogens (tertiary/aromatic N) is 2. The largest absolute Gasteiger partial charge is 0.289 e. The van der Waals surface area contributed by atoms with Gasteiger partial charge in [-0.25, -0.2) is 0 Å². The number of aryl methyl sites for hydroxylation is 2. The molecule has 0 spiro atoms. The van der Waals surface area contributed by atoms with Gasteiger partial charge < -0.3 is 0 Å². The Morgan fingerprint density at radius 2 is 1.00 bits per heavy atom. The number of pyridine rings is 2. The van der Waals surface area contributed by atoms with Gasteiger partial charge in [0, 0.05) is 35.9 Å². The summed E-state index contributed by atoms with van der Waals surface area (Å²) in [4.78, 5) is 21.9. The van der Waals surface area contributed by atoms with E-state index in [1.165, 1.54) is 0 Å². The summed E-state index contributed by atoms with van der Waals surface area (Å²) >= 11 is 0. The molecule has 0 N–H and O–H groups in total. The molecule has 0 aliphatic carbocycles. The molecule has 2 aromatic carbocycles. The maximum Gasteiger partial charge on any atom is 0.194 e. The Hall–Kier alpha value is -3.59. The molecule has 4 aromatic rings. The maximum atomic E-state index is 13.7. The number of carbonyl (C=O) groups excluding carboxylic acids is 1. The molecule has 3 nitrogen and oxygen atoms in total. The van der Waals surface area contributed by atoms with Gasteiger partial charge in [-0.1, -0.05) is 35.4 Å². The van der Waals surface area contributed by atoms with Gasteiger partial charge >= 0.3 is 0 Å². The minimum absolute atomic E-state index is 0.0195. The van der Waals surface area contributed by atoms with E-state index in [-0.39, 0.29) is 5.78 Å². The summed E-state index contributed by atoms with van der Waals surface area (Å²) in [7, 11) is 0. The van der Waals surface area contributed by atoms with Crippen LogP contribution in [0.4, 0.5) is 0 Å². The molecule has 0 aliphatic heterocycles. The fourth-order valence-corrected chi connectivity index (χ4v) is 3.40. The van der Waals surface area contributed by atoms with E-state index >= 15 is 0 Å². The van der Waals surface area contributed by atoms with Crippen LogP contribution in [0, 0.1) is 13.8 Å². The summed E-state index contributed by atoms with van der Waals surface area (Å²) < 4.78 is 0. The predicted octanol–water partition coefficient (Wildman–Crippen LogP) is 5.66. The molecule has 0 amide bonds. The third kappa shape index (κ3) is 3.47. The number of ketones is 1. The fraction of sp³-hybridized carbons (Fsp3) is 0.0800. The van der Waals surface area contributed by atoms with Gasteiger partial charge in [-0.3, -0.25) is 14.8 Å². The zero-order valence-corrected chi connectivity index (χ0v) is 15.9. The molecule has 0 fully saturated rings. The summed E-state index contributed by atoms with van der Waals surface area (Å²) in [6.07, 6.45) is 6.99. The van der Waals surface area contributed by atoms with Crippen LogP contribution in [0.5, 0.6) is 0 Å². The average Bonchev–Trinajstić information content (AvgIpc) is 2.74. The molecule has 28 heavy (non-hydrogen) atoms. The Kier molecular flexibility index (Phi) is 4.81. The zero-order valence-electron chi connectivity index (χ0n) is 15.9. The molecule has 0 unspecified atom stereocenters. The van der Waals surface area contributed by atoms with Gasteiger partial charge in [-0.15, -0.1) is 0 Å². The van der Waals surface area contributed by atoms with Crippen molar-refractivity contribution in [2.45, 2.75) is 13.8 Å². The highest BCUT2D eigenvalue weighted by Crippen LogP contribution is 2.31. The highest BCUT2D eigenvalue weighted by atomic mass is 16.1. The summed E-state index contributed by atoms with van der Waals surface area (Å²) in [6.45, 7) is 4.01. The second kappa shape index (κ2) is 7.57. The first kappa shape index (κ1) is 17.8. The minimum Gasteiger partial charge on any atom is -0.289 e. The van der Waals surface area contributed by atoms with Crippen molar-refractivity contribution in [1.29, 1.82) is 0 Å². The van der Waals surface area contributed by atoms with E-state index in [1.54, 1.807) is 24.8 Å². The van der Waals surface area contributed by atoms with Crippen molar-refractivity contribution in [2.75, 3.05) is 0 Å². The third-order valence-electron chi connectivity index (χ3n) is 4.82. The average molecular weight is 364 g/mol. The van der Waals surface area contributed by atoms with Crippen molar-refractivity contribution in [3.05, 3.63) is 108 Å². The Balaban J connectivity index is 1.90. The van der Waals surface area contributed by atoms with Crippen molar-refractivity contribution in [1.82, 2.24) is 9.97 Å². The Morgan fingerprint density at radius 3 is 1.39 bits per heavy atom. The normalized spacial score (nSPS) is 10.6. The lowest BCUT2D eigenvalue weighted by Crippen LogP contribution is -2.07. The van der Waals surface area contributed by atoms with Crippen LogP contribution in [0.2, 0.25) is 0 Å². The number of aromatic nitrogens is 2. The van der Waals surface area contributed by atoms with Gasteiger partial charge in [0.2, 0.25) is 0 Å². The summed E-state index contributed by atoms with van der Waals surface area (Å²) in [5.41, 5.74) is 7.31. The number of carbonyl (C=O) groups is 1. The highest BCUT2D eigenvalue weighted by Gasteiger charge is 2.19. The lowest BCUT2D eigenvalue weighted by atomic mass is 9.88. The van der Waals surface area contributed by atoms with Crippen LogP contribution in [0.25, 0.3) is 22.3 Å². The Labute approximate surface area is 164 Å². The molecule has 0 saturated carbocycles. The first-order chi connectivity index (χ1) is 13.6. The van der Waals surface area contributed by atoms with Crippen LogP contribution in [0.15, 0.2) is 85.5 Å². The van der Waals surface area contributed by atoms with Crippen molar-refractivity contribution >= 4 is 5.78 Å². The second-order valence-electron chi connectivity index (χ2n) is 6.90. The van der Waals surface area contributed by atoms with E-state index in [2.05, 4.69) is 9.97 Å². The van der Waals surface area contributed by atoms with E-state index in [1.807, 2.05) is 74.5 Å². The highest BCUT2D eigenvalue weighted by molar-refractivity contribution is 6.16. The maximum absolute atomic E-state index is 13.7.